The van der Waals surface area contributed by atoms with Crippen LogP contribution in [-0.2, 0) is 20.7 Å². The summed E-state index contributed by atoms with van der Waals surface area (Å²) >= 11 is 1.38. The Bertz CT molecular complexity index is 1070. The minimum absolute atomic E-state index is 0.205. The molecule has 0 aliphatic rings. The maximum absolute atomic E-state index is 11.7. The Labute approximate surface area is 208 Å². The second-order valence-corrected chi connectivity index (χ2v) is 9.35. The van der Waals surface area contributed by atoms with Crippen molar-refractivity contribution in [3.8, 4) is 0 Å². The van der Waals surface area contributed by atoms with E-state index in [1.807, 2.05) is 30.3 Å². The molecule has 0 aliphatic heterocycles. The van der Waals surface area contributed by atoms with Crippen LogP contribution >= 0.6 is 11.3 Å². The van der Waals surface area contributed by atoms with Gasteiger partial charge in [-0.3, -0.25) is 4.79 Å². The average Bonchev–Trinajstić information content (AvgIpc) is 3.31. The highest BCUT2D eigenvalue weighted by Gasteiger charge is 2.25. The topological polar surface area (TPSA) is 144 Å². The van der Waals surface area contributed by atoms with Crippen LogP contribution in [0.2, 0.25) is 0 Å². The molecule has 0 saturated heterocycles. The van der Waals surface area contributed by atoms with E-state index in [4.69, 9.17) is 15.6 Å². The van der Waals surface area contributed by atoms with E-state index in [-0.39, 0.29) is 5.91 Å². The van der Waals surface area contributed by atoms with Crippen molar-refractivity contribution in [3.63, 3.8) is 0 Å². The van der Waals surface area contributed by atoms with Gasteiger partial charge in [-0.05, 0) is 38.3 Å². The van der Waals surface area contributed by atoms with Gasteiger partial charge in [0.25, 0.3) is 0 Å². The monoisotopic (exact) mass is 498 g/mol. The normalized spacial score (nSPS) is 12.3. The Morgan fingerprint density at radius 2 is 1.66 bits per heavy atom. The van der Waals surface area contributed by atoms with E-state index in [0.29, 0.717) is 17.1 Å². The van der Waals surface area contributed by atoms with Crippen LogP contribution < -0.4 is 16.4 Å². The molecule has 0 radical (unpaired) electrons. The van der Waals surface area contributed by atoms with Crippen molar-refractivity contribution in [3.05, 3.63) is 83.4 Å². The van der Waals surface area contributed by atoms with Crippen LogP contribution in [0.15, 0.2) is 72.2 Å². The lowest BCUT2D eigenvalue weighted by Gasteiger charge is -2.22. The molecule has 0 aliphatic carbocycles. The Hall–Kier alpha value is -3.76. The summed E-state index contributed by atoms with van der Waals surface area (Å²) in [7, 11) is 0. The number of aliphatic carboxylic acids is 1. The molecule has 2 atom stereocenters. The first kappa shape index (κ1) is 27.5. The standard InChI is InChI=1S/C13H17NO4.C12H13N3OS/c1-13(2,3)18-12(17)14-10(11(15)16)9-7-5-4-6-8-9;13-10(8-9-4-2-1-3-5-9)11(16)15-12-14-6-7-17-12/h4-8,10H,1-3H3,(H,14,17)(H,15,16);1-7,10H,8,13H2,(H,14,15,16)/t2*10-/m10/s1. The van der Waals surface area contributed by atoms with Gasteiger partial charge < -0.3 is 26.2 Å². The number of carbonyl (C=O) groups excluding carboxylic acids is 2. The van der Waals surface area contributed by atoms with Crippen molar-refractivity contribution in [1.82, 2.24) is 10.3 Å². The Morgan fingerprint density at radius 1 is 1.06 bits per heavy atom. The maximum Gasteiger partial charge on any atom is 0.408 e. The molecule has 2 amide bonds. The number of nitrogens with one attached hydrogen (secondary N) is 2. The predicted octanol–water partition coefficient (Wildman–Crippen LogP) is 3.99. The molecular weight excluding hydrogens is 468 g/mol. The molecule has 0 unspecified atom stereocenters. The Balaban J connectivity index is 0.000000247. The molecular formula is C25H30N4O5S. The number of aromatic nitrogens is 1. The van der Waals surface area contributed by atoms with E-state index in [9.17, 15) is 14.4 Å². The van der Waals surface area contributed by atoms with Gasteiger partial charge in [0.1, 0.15) is 5.60 Å². The van der Waals surface area contributed by atoms with Crippen LogP contribution in [0.25, 0.3) is 0 Å². The van der Waals surface area contributed by atoms with Gasteiger partial charge in [0.15, 0.2) is 11.2 Å². The molecule has 186 valence electrons. The van der Waals surface area contributed by atoms with E-state index in [1.54, 1.807) is 62.7 Å². The van der Waals surface area contributed by atoms with Gasteiger partial charge in [-0.1, -0.05) is 60.7 Å². The second kappa shape index (κ2) is 13.2. The van der Waals surface area contributed by atoms with Crippen molar-refractivity contribution in [1.29, 1.82) is 0 Å². The summed E-state index contributed by atoms with van der Waals surface area (Å²) in [5, 5.41) is 16.5. The van der Waals surface area contributed by atoms with Crippen molar-refractivity contribution in [2.45, 2.75) is 44.9 Å². The Morgan fingerprint density at radius 3 is 2.17 bits per heavy atom. The third kappa shape index (κ3) is 10.4. The lowest BCUT2D eigenvalue weighted by Crippen LogP contribution is -2.38. The predicted molar refractivity (Wildman–Crippen MR) is 135 cm³/mol. The van der Waals surface area contributed by atoms with Crippen LogP contribution in [0, 0.1) is 0 Å². The average molecular weight is 499 g/mol. The molecule has 0 fully saturated rings. The highest BCUT2D eigenvalue weighted by atomic mass is 32.1. The van der Waals surface area contributed by atoms with Gasteiger partial charge >= 0.3 is 12.1 Å². The lowest BCUT2D eigenvalue weighted by atomic mass is 10.1. The van der Waals surface area contributed by atoms with Crippen molar-refractivity contribution < 1.29 is 24.2 Å². The third-order valence-electron chi connectivity index (χ3n) is 4.34. The van der Waals surface area contributed by atoms with E-state index in [2.05, 4.69) is 15.6 Å². The zero-order valence-electron chi connectivity index (χ0n) is 19.8. The minimum atomic E-state index is -1.13. The first-order valence-corrected chi connectivity index (χ1v) is 11.7. The van der Waals surface area contributed by atoms with Crippen molar-refractivity contribution >= 4 is 34.4 Å². The zero-order valence-corrected chi connectivity index (χ0v) is 20.6. The number of carbonyl (C=O) groups is 3. The number of nitrogens with two attached hydrogens (primary N) is 1. The highest BCUT2D eigenvalue weighted by Crippen LogP contribution is 2.15. The number of rotatable bonds is 7. The lowest BCUT2D eigenvalue weighted by molar-refractivity contribution is -0.139. The number of benzene rings is 2. The summed E-state index contributed by atoms with van der Waals surface area (Å²) in [6, 6.07) is 16.5. The highest BCUT2D eigenvalue weighted by molar-refractivity contribution is 7.13. The van der Waals surface area contributed by atoms with Crippen LogP contribution in [0.4, 0.5) is 9.93 Å². The number of carboxylic acids is 1. The molecule has 1 aromatic heterocycles. The number of ether oxygens (including phenoxy) is 1. The van der Waals surface area contributed by atoms with Crippen LogP contribution in [0.1, 0.15) is 37.9 Å². The molecule has 0 spiro atoms. The van der Waals surface area contributed by atoms with Crippen LogP contribution in [-0.4, -0.2) is 39.7 Å². The molecule has 9 nitrogen and oxygen atoms in total. The largest absolute Gasteiger partial charge is 0.479 e. The fourth-order valence-corrected chi connectivity index (χ4v) is 3.33. The fourth-order valence-electron chi connectivity index (χ4n) is 2.80. The fraction of sp³-hybridized carbons (Fsp3) is 0.280. The second-order valence-electron chi connectivity index (χ2n) is 8.45. The van der Waals surface area contributed by atoms with E-state index in [0.717, 1.165) is 5.56 Å². The molecule has 0 saturated carbocycles. The molecule has 2 aromatic carbocycles. The molecule has 3 rings (SSSR count). The first-order valence-electron chi connectivity index (χ1n) is 10.8. The van der Waals surface area contributed by atoms with E-state index in [1.165, 1.54) is 11.3 Å². The number of anilines is 1. The SMILES string of the molecule is CC(C)(C)OC(=O)N[C@@H](C(=O)O)c1ccccc1.N[C@@H](Cc1ccccc1)C(=O)Nc1nccs1. The summed E-state index contributed by atoms with van der Waals surface area (Å²) in [6.45, 7) is 5.14. The quantitative estimate of drug-likeness (QED) is 0.386. The van der Waals surface area contributed by atoms with Gasteiger partial charge in [-0.2, -0.15) is 0 Å². The molecule has 3 aromatic rings. The maximum atomic E-state index is 11.7. The van der Waals surface area contributed by atoms with Gasteiger partial charge in [-0.25, -0.2) is 14.6 Å². The van der Waals surface area contributed by atoms with Crippen LogP contribution in [0.5, 0.6) is 0 Å². The number of nitrogens with zero attached hydrogens (tertiary/aromatic N) is 1. The van der Waals surface area contributed by atoms with Crippen LogP contribution in [0.3, 0.4) is 0 Å². The van der Waals surface area contributed by atoms with Crippen molar-refractivity contribution in [2.24, 2.45) is 5.73 Å². The molecule has 10 heteroatoms. The number of alkyl carbamates (subject to hydrolysis) is 1. The first-order chi connectivity index (χ1) is 16.5. The molecule has 1 heterocycles. The van der Waals surface area contributed by atoms with E-state index < -0.39 is 29.7 Å². The number of amides is 2. The van der Waals surface area contributed by atoms with Crippen molar-refractivity contribution in [2.75, 3.05) is 5.32 Å². The van der Waals surface area contributed by atoms with Gasteiger partial charge in [0.2, 0.25) is 5.91 Å². The number of hydrogen-bond donors (Lipinski definition) is 4. The van der Waals surface area contributed by atoms with Gasteiger partial charge in [0, 0.05) is 11.6 Å². The summed E-state index contributed by atoms with van der Waals surface area (Å²) in [4.78, 5) is 38.4. The number of carboxylic acid groups (broad SMARTS) is 1. The zero-order chi connectivity index (χ0) is 25.8. The third-order valence-corrected chi connectivity index (χ3v) is 5.03. The van der Waals surface area contributed by atoms with E-state index >= 15 is 0 Å². The van der Waals surface area contributed by atoms with Gasteiger partial charge in [0.05, 0.1) is 6.04 Å². The summed E-state index contributed by atoms with van der Waals surface area (Å²) in [6.07, 6.45) is 1.42. The Kier molecular flexibility index (Phi) is 10.4. The number of thiazole rings is 1. The summed E-state index contributed by atoms with van der Waals surface area (Å²) < 4.78 is 5.03. The minimum Gasteiger partial charge on any atom is -0.479 e. The summed E-state index contributed by atoms with van der Waals surface area (Å²) in [5.74, 6) is -1.34. The molecule has 0 bridgehead atoms. The smallest absolute Gasteiger partial charge is 0.408 e. The molecule has 5 N–H and O–H groups in total. The summed E-state index contributed by atoms with van der Waals surface area (Å²) in [5.41, 5.74) is 6.71. The molecule has 35 heavy (non-hydrogen) atoms. The number of hydrogen-bond acceptors (Lipinski definition) is 7. The van der Waals surface area contributed by atoms with Gasteiger partial charge in [-0.15, -0.1) is 11.3 Å².